The minimum atomic E-state index is -0.341. The van der Waals surface area contributed by atoms with Crippen molar-refractivity contribution in [2.24, 2.45) is 11.8 Å². The van der Waals surface area contributed by atoms with Crippen molar-refractivity contribution < 1.29 is 9.59 Å². The summed E-state index contributed by atoms with van der Waals surface area (Å²) in [6.07, 6.45) is 8.89. The molecule has 0 aromatic carbocycles. The average Bonchev–Trinajstić information content (AvgIpc) is 2.04. The van der Waals surface area contributed by atoms with E-state index in [1.54, 1.807) is 12.4 Å². The zero-order chi connectivity index (χ0) is 7.40. The molecule has 0 N–H and O–H groups in total. The molecule has 1 rings (SSSR count). The Morgan fingerprint density at radius 2 is 2.10 bits per heavy atom. The summed E-state index contributed by atoms with van der Waals surface area (Å²) < 4.78 is 0. The lowest BCUT2D eigenvalue weighted by Crippen LogP contribution is -2.17. The van der Waals surface area contributed by atoms with Gasteiger partial charge in [-0.05, 0) is 12.8 Å². The highest BCUT2D eigenvalue weighted by atomic mass is 16.1. The fraction of sp³-hybridized carbons (Fsp3) is 0.500. The molecule has 0 fully saturated rings. The predicted octanol–water partition coefficient (Wildman–Crippen LogP) is 0.788. The van der Waals surface area contributed by atoms with Crippen molar-refractivity contribution in [3.8, 4) is 0 Å². The molecule has 0 saturated heterocycles. The summed E-state index contributed by atoms with van der Waals surface area (Å²) in [7, 11) is 0. The Labute approximate surface area is 59.9 Å². The maximum absolute atomic E-state index is 10.2. The lowest BCUT2D eigenvalue weighted by molar-refractivity contribution is 0.454. The van der Waals surface area contributed by atoms with Crippen LogP contribution in [-0.4, -0.2) is 12.6 Å². The van der Waals surface area contributed by atoms with Crippen molar-refractivity contribution in [1.82, 2.24) is 0 Å². The lowest BCUT2D eigenvalue weighted by atomic mass is 9.86. The van der Waals surface area contributed by atoms with Crippen molar-refractivity contribution >= 4 is 12.6 Å². The zero-order valence-corrected chi connectivity index (χ0v) is 5.54. The minimum absolute atomic E-state index is 0.248. The molecule has 0 aromatic rings. The summed E-state index contributed by atoms with van der Waals surface area (Å²) in [4.78, 5) is 20.4. The summed E-state index contributed by atoms with van der Waals surface area (Å²) in [5.74, 6) is -0.589. The monoisotopic (exact) mass is 136 g/mol. The van der Waals surface area contributed by atoms with E-state index in [1.165, 1.54) is 0 Å². The number of rotatable bonds is 2. The van der Waals surface area contributed by atoms with Crippen LogP contribution in [-0.2, 0) is 9.59 Å². The first-order valence-electron chi connectivity index (χ1n) is 3.30. The standard InChI is InChI=1S/C8H8O2/c9-5-7-3-1-2-4-8(7)6-10/h1,3,7-8H,2,4H2. The molecule has 2 heteroatoms. The quantitative estimate of drug-likeness (QED) is 0.526. The Balaban J connectivity index is 2.64. The minimum Gasteiger partial charge on any atom is -0.291 e. The van der Waals surface area contributed by atoms with Crippen LogP contribution in [0, 0.1) is 11.8 Å². The van der Waals surface area contributed by atoms with Crippen LogP contribution in [0.25, 0.3) is 0 Å². The van der Waals surface area contributed by atoms with E-state index in [-0.39, 0.29) is 11.8 Å². The Morgan fingerprint density at radius 1 is 1.30 bits per heavy atom. The number of carbonyl (C=O) groups excluding carboxylic acids is 2. The van der Waals surface area contributed by atoms with Gasteiger partial charge in [0.25, 0.3) is 0 Å². The average molecular weight is 136 g/mol. The molecular weight excluding hydrogens is 128 g/mol. The van der Waals surface area contributed by atoms with E-state index < -0.39 is 0 Å². The van der Waals surface area contributed by atoms with Gasteiger partial charge in [-0.25, -0.2) is 0 Å². The van der Waals surface area contributed by atoms with Crippen LogP contribution in [0.1, 0.15) is 12.8 Å². The highest BCUT2D eigenvalue weighted by Gasteiger charge is 2.21. The summed E-state index contributed by atoms with van der Waals surface area (Å²) in [6, 6.07) is 0. The number of hydrogen-bond acceptors (Lipinski definition) is 2. The fourth-order valence-corrected chi connectivity index (χ4v) is 1.09. The van der Waals surface area contributed by atoms with Crippen LogP contribution >= 0.6 is 0 Å². The topological polar surface area (TPSA) is 34.1 Å². The van der Waals surface area contributed by atoms with Crippen LogP contribution < -0.4 is 0 Å². The molecule has 0 heterocycles. The van der Waals surface area contributed by atoms with E-state index in [4.69, 9.17) is 0 Å². The van der Waals surface area contributed by atoms with E-state index >= 15 is 0 Å². The summed E-state index contributed by atoms with van der Waals surface area (Å²) in [5, 5.41) is 0. The summed E-state index contributed by atoms with van der Waals surface area (Å²) in [6.45, 7) is 0. The van der Waals surface area contributed by atoms with Gasteiger partial charge in [0.1, 0.15) is 0 Å². The first-order chi connectivity index (χ1) is 4.88. The van der Waals surface area contributed by atoms with E-state index in [1.807, 2.05) is 12.4 Å². The second-order valence-corrected chi connectivity index (χ2v) is 2.37. The van der Waals surface area contributed by atoms with Gasteiger partial charge >= 0.3 is 0 Å². The van der Waals surface area contributed by atoms with Crippen LogP contribution in [0.3, 0.4) is 0 Å². The van der Waals surface area contributed by atoms with Gasteiger partial charge in [0.2, 0.25) is 12.6 Å². The molecular formula is C8H8O2. The second-order valence-electron chi connectivity index (χ2n) is 2.37. The number of hydrogen-bond donors (Lipinski definition) is 0. The first kappa shape index (κ1) is 7.19. The van der Waals surface area contributed by atoms with E-state index in [9.17, 15) is 9.59 Å². The molecule has 2 nitrogen and oxygen atoms in total. The smallest absolute Gasteiger partial charge is 0.206 e. The Morgan fingerprint density at radius 3 is 2.60 bits per heavy atom. The molecule has 0 saturated carbocycles. The van der Waals surface area contributed by atoms with Gasteiger partial charge < -0.3 is 0 Å². The van der Waals surface area contributed by atoms with Crippen molar-refractivity contribution in [3.63, 3.8) is 0 Å². The molecule has 1 aliphatic rings. The van der Waals surface area contributed by atoms with Crippen molar-refractivity contribution in [2.75, 3.05) is 0 Å². The van der Waals surface area contributed by atoms with Gasteiger partial charge in [-0.1, -0.05) is 12.2 Å². The van der Waals surface area contributed by atoms with Crippen LogP contribution in [0.2, 0.25) is 0 Å². The van der Waals surface area contributed by atoms with Crippen molar-refractivity contribution in [3.05, 3.63) is 12.2 Å². The molecule has 52 valence electrons. The SMILES string of the molecule is O=[C]C1C=CCCC1[C]=O. The molecule has 0 bridgehead atoms. The molecule has 2 unspecified atom stereocenters. The molecule has 0 aromatic heterocycles. The highest BCUT2D eigenvalue weighted by molar-refractivity contribution is 5.68. The largest absolute Gasteiger partial charge is 0.291 e. The third-order valence-corrected chi connectivity index (χ3v) is 1.71. The van der Waals surface area contributed by atoms with E-state index in [2.05, 4.69) is 0 Å². The number of allylic oxidation sites excluding steroid dienone is 2. The van der Waals surface area contributed by atoms with Gasteiger partial charge in [0.15, 0.2) is 0 Å². The molecule has 1 aliphatic carbocycles. The Bertz CT molecular complexity index is 161. The van der Waals surface area contributed by atoms with Crippen molar-refractivity contribution in [2.45, 2.75) is 12.8 Å². The maximum atomic E-state index is 10.2. The predicted molar refractivity (Wildman–Crippen MR) is 36.7 cm³/mol. The Kier molecular flexibility index (Phi) is 2.37. The molecule has 0 spiro atoms. The highest BCUT2D eigenvalue weighted by Crippen LogP contribution is 2.20. The molecule has 2 atom stereocenters. The lowest BCUT2D eigenvalue weighted by Gasteiger charge is -2.15. The van der Waals surface area contributed by atoms with Gasteiger partial charge in [-0.3, -0.25) is 9.59 Å². The van der Waals surface area contributed by atoms with Gasteiger partial charge in [-0.15, -0.1) is 0 Å². The van der Waals surface area contributed by atoms with Crippen LogP contribution in [0.4, 0.5) is 0 Å². The third kappa shape index (κ3) is 1.32. The Hall–Kier alpha value is -0.920. The normalized spacial score (nSPS) is 31.6. The summed E-state index contributed by atoms with van der Waals surface area (Å²) >= 11 is 0. The van der Waals surface area contributed by atoms with Gasteiger partial charge in [0, 0.05) is 5.92 Å². The third-order valence-electron chi connectivity index (χ3n) is 1.71. The summed E-state index contributed by atoms with van der Waals surface area (Å²) in [5.41, 5.74) is 0. The van der Waals surface area contributed by atoms with Gasteiger partial charge in [-0.2, -0.15) is 0 Å². The first-order valence-corrected chi connectivity index (χ1v) is 3.30. The fourth-order valence-electron chi connectivity index (χ4n) is 1.09. The van der Waals surface area contributed by atoms with Gasteiger partial charge in [0.05, 0.1) is 5.92 Å². The zero-order valence-electron chi connectivity index (χ0n) is 5.54. The van der Waals surface area contributed by atoms with Crippen LogP contribution in [0.5, 0.6) is 0 Å². The molecule has 0 aliphatic heterocycles. The van der Waals surface area contributed by atoms with Crippen molar-refractivity contribution in [1.29, 1.82) is 0 Å². The maximum Gasteiger partial charge on any atom is 0.206 e. The van der Waals surface area contributed by atoms with E-state index in [0.29, 0.717) is 0 Å². The van der Waals surface area contributed by atoms with E-state index in [0.717, 1.165) is 12.8 Å². The molecule has 0 amide bonds. The molecule has 2 radical (unpaired) electrons. The molecule has 10 heavy (non-hydrogen) atoms. The second kappa shape index (κ2) is 3.30. The van der Waals surface area contributed by atoms with Crippen LogP contribution in [0.15, 0.2) is 12.2 Å².